The second-order valence-electron chi connectivity index (χ2n) is 2.92. The van der Waals surface area contributed by atoms with Crippen molar-refractivity contribution >= 4 is 5.69 Å². The van der Waals surface area contributed by atoms with E-state index in [1.54, 1.807) is 20.0 Å². The zero-order chi connectivity index (χ0) is 10.3. The number of benzene rings is 1. The third-order valence-electron chi connectivity index (χ3n) is 1.46. The minimum absolute atomic E-state index is 0.160. The van der Waals surface area contributed by atoms with Gasteiger partial charge in [-0.25, -0.2) is 4.39 Å². The monoisotopic (exact) mass is 183 g/mol. The predicted molar refractivity (Wildman–Crippen MR) is 56.6 cm³/mol. The maximum atomic E-state index is 12.7. The first-order valence-corrected chi connectivity index (χ1v) is 4.59. The normalized spacial score (nSPS) is 8.69. The fraction of sp³-hybridized carbons (Fsp3) is 0.455. The summed E-state index contributed by atoms with van der Waals surface area (Å²) in [4.78, 5) is 0. The SMILES string of the molecule is CCC.CNc1ccc(C)c(F)c1. The van der Waals surface area contributed by atoms with Crippen LogP contribution < -0.4 is 5.32 Å². The van der Waals surface area contributed by atoms with E-state index in [-0.39, 0.29) is 5.82 Å². The highest BCUT2D eigenvalue weighted by Crippen LogP contribution is 2.12. The highest BCUT2D eigenvalue weighted by molar-refractivity contribution is 5.44. The Morgan fingerprint density at radius 3 is 2.23 bits per heavy atom. The summed E-state index contributed by atoms with van der Waals surface area (Å²) in [7, 11) is 1.77. The van der Waals surface area contributed by atoms with E-state index < -0.39 is 0 Å². The molecule has 0 unspecified atom stereocenters. The lowest BCUT2D eigenvalue weighted by Gasteiger charge is -2.00. The molecule has 74 valence electrons. The average molecular weight is 183 g/mol. The van der Waals surface area contributed by atoms with Crippen LogP contribution in [0.15, 0.2) is 18.2 Å². The van der Waals surface area contributed by atoms with Crippen LogP contribution in [-0.4, -0.2) is 7.05 Å². The molecular formula is C11H18FN. The molecule has 13 heavy (non-hydrogen) atoms. The smallest absolute Gasteiger partial charge is 0.128 e. The maximum absolute atomic E-state index is 12.7. The van der Waals surface area contributed by atoms with E-state index in [1.165, 1.54) is 12.5 Å². The van der Waals surface area contributed by atoms with Crippen molar-refractivity contribution in [1.29, 1.82) is 0 Å². The molecule has 1 aromatic carbocycles. The van der Waals surface area contributed by atoms with Crippen molar-refractivity contribution < 1.29 is 4.39 Å². The third kappa shape index (κ3) is 4.51. The molecule has 0 amide bonds. The van der Waals surface area contributed by atoms with Crippen LogP contribution in [0.25, 0.3) is 0 Å². The second-order valence-corrected chi connectivity index (χ2v) is 2.92. The van der Waals surface area contributed by atoms with E-state index in [0.29, 0.717) is 5.56 Å². The molecule has 1 aromatic rings. The van der Waals surface area contributed by atoms with Crippen molar-refractivity contribution in [3.63, 3.8) is 0 Å². The fourth-order valence-corrected chi connectivity index (χ4v) is 0.748. The number of rotatable bonds is 1. The Bertz CT molecular complexity index is 246. The molecule has 0 bridgehead atoms. The van der Waals surface area contributed by atoms with Gasteiger partial charge in [-0.05, 0) is 24.6 Å². The summed E-state index contributed by atoms with van der Waals surface area (Å²) in [5.74, 6) is -0.160. The molecule has 0 aliphatic heterocycles. The van der Waals surface area contributed by atoms with Gasteiger partial charge in [-0.1, -0.05) is 26.3 Å². The van der Waals surface area contributed by atoms with Gasteiger partial charge in [0.2, 0.25) is 0 Å². The van der Waals surface area contributed by atoms with Gasteiger partial charge < -0.3 is 5.32 Å². The number of anilines is 1. The van der Waals surface area contributed by atoms with Gasteiger partial charge in [0.15, 0.2) is 0 Å². The molecule has 2 heteroatoms. The molecule has 0 radical (unpaired) electrons. The number of halogens is 1. The Morgan fingerprint density at radius 2 is 1.85 bits per heavy atom. The van der Waals surface area contributed by atoms with Gasteiger partial charge in [0.25, 0.3) is 0 Å². The van der Waals surface area contributed by atoms with E-state index in [4.69, 9.17) is 0 Å². The van der Waals surface area contributed by atoms with Crippen molar-refractivity contribution in [3.8, 4) is 0 Å². The van der Waals surface area contributed by atoms with E-state index in [1.807, 2.05) is 6.07 Å². The molecule has 1 nitrogen and oxygen atoms in total. The van der Waals surface area contributed by atoms with Crippen LogP contribution in [0.4, 0.5) is 10.1 Å². The summed E-state index contributed by atoms with van der Waals surface area (Å²) >= 11 is 0. The number of hydrogen-bond acceptors (Lipinski definition) is 1. The van der Waals surface area contributed by atoms with Gasteiger partial charge in [0.1, 0.15) is 5.82 Å². The van der Waals surface area contributed by atoms with Crippen LogP contribution in [0.2, 0.25) is 0 Å². The molecule has 0 saturated carbocycles. The Kier molecular flexibility index (Phi) is 5.94. The van der Waals surface area contributed by atoms with E-state index in [9.17, 15) is 4.39 Å². The largest absolute Gasteiger partial charge is 0.388 e. The Labute approximate surface area is 80.0 Å². The first kappa shape index (κ1) is 11.9. The molecule has 0 spiro atoms. The van der Waals surface area contributed by atoms with Crippen LogP contribution >= 0.6 is 0 Å². The third-order valence-corrected chi connectivity index (χ3v) is 1.46. The molecule has 0 aliphatic carbocycles. The van der Waals surface area contributed by atoms with Crippen LogP contribution in [0, 0.1) is 12.7 Å². The lowest BCUT2D eigenvalue weighted by Crippen LogP contribution is -1.89. The van der Waals surface area contributed by atoms with Gasteiger partial charge in [-0.15, -0.1) is 0 Å². The van der Waals surface area contributed by atoms with Gasteiger partial charge in [-0.2, -0.15) is 0 Å². The molecule has 1 rings (SSSR count). The Hall–Kier alpha value is -1.05. The highest BCUT2D eigenvalue weighted by Gasteiger charge is 1.95. The summed E-state index contributed by atoms with van der Waals surface area (Å²) in [6, 6.07) is 5.08. The van der Waals surface area contributed by atoms with Crippen molar-refractivity contribution in [2.24, 2.45) is 0 Å². The highest BCUT2D eigenvalue weighted by atomic mass is 19.1. The fourth-order valence-electron chi connectivity index (χ4n) is 0.748. The predicted octanol–water partition coefficient (Wildman–Crippen LogP) is 3.59. The Balaban J connectivity index is 0.000000424. The van der Waals surface area contributed by atoms with Crippen LogP contribution in [-0.2, 0) is 0 Å². The molecular weight excluding hydrogens is 165 g/mol. The van der Waals surface area contributed by atoms with Gasteiger partial charge in [0.05, 0.1) is 0 Å². The average Bonchev–Trinajstić information content (AvgIpc) is 2.11. The topological polar surface area (TPSA) is 12.0 Å². The lowest BCUT2D eigenvalue weighted by atomic mass is 10.2. The summed E-state index contributed by atoms with van der Waals surface area (Å²) in [5.41, 5.74) is 1.49. The minimum Gasteiger partial charge on any atom is -0.388 e. The zero-order valence-electron chi connectivity index (χ0n) is 8.82. The van der Waals surface area contributed by atoms with Crippen LogP contribution in [0.3, 0.4) is 0 Å². The number of hydrogen-bond donors (Lipinski definition) is 1. The van der Waals surface area contributed by atoms with Crippen molar-refractivity contribution in [2.75, 3.05) is 12.4 Å². The second kappa shape index (κ2) is 6.46. The molecule has 0 heterocycles. The van der Waals surface area contributed by atoms with Crippen LogP contribution in [0.5, 0.6) is 0 Å². The first-order valence-electron chi connectivity index (χ1n) is 4.59. The summed E-state index contributed by atoms with van der Waals surface area (Å²) < 4.78 is 12.7. The van der Waals surface area contributed by atoms with E-state index in [2.05, 4.69) is 19.2 Å². The number of aryl methyl sites for hydroxylation is 1. The van der Waals surface area contributed by atoms with Gasteiger partial charge in [0, 0.05) is 12.7 Å². The molecule has 0 aliphatic rings. The van der Waals surface area contributed by atoms with E-state index in [0.717, 1.165) is 5.69 Å². The Morgan fingerprint density at radius 1 is 1.31 bits per heavy atom. The van der Waals surface area contributed by atoms with Gasteiger partial charge in [-0.3, -0.25) is 0 Å². The lowest BCUT2D eigenvalue weighted by molar-refractivity contribution is 0.619. The van der Waals surface area contributed by atoms with E-state index >= 15 is 0 Å². The van der Waals surface area contributed by atoms with Crippen molar-refractivity contribution in [3.05, 3.63) is 29.6 Å². The minimum atomic E-state index is -0.160. The molecule has 0 fully saturated rings. The maximum Gasteiger partial charge on any atom is 0.128 e. The van der Waals surface area contributed by atoms with Crippen molar-refractivity contribution in [2.45, 2.75) is 27.2 Å². The quantitative estimate of drug-likeness (QED) is 0.701. The van der Waals surface area contributed by atoms with Crippen molar-refractivity contribution in [1.82, 2.24) is 0 Å². The zero-order valence-corrected chi connectivity index (χ0v) is 8.82. The first-order chi connectivity index (χ1) is 6.15. The van der Waals surface area contributed by atoms with Crippen LogP contribution in [0.1, 0.15) is 25.8 Å². The molecule has 0 aromatic heterocycles. The molecule has 1 N–H and O–H groups in total. The standard InChI is InChI=1S/C8H10FN.C3H8/c1-6-3-4-7(10-2)5-8(6)9;1-3-2/h3-5,10H,1-2H3;3H2,1-2H3. The summed E-state index contributed by atoms with van der Waals surface area (Å²) in [6.45, 7) is 5.99. The number of nitrogens with one attached hydrogen (secondary N) is 1. The molecule has 0 atom stereocenters. The van der Waals surface area contributed by atoms with Gasteiger partial charge >= 0.3 is 0 Å². The summed E-state index contributed by atoms with van der Waals surface area (Å²) in [6.07, 6.45) is 1.25. The molecule has 0 saturated heterocycles. The summed E-state index contributed by atoms with van der Waals surface area (Å²) in [5, 5.41) is 2.86.